The summed E-state index contributed by atoms with van der Waals surface area (Å²) < 4.78 is 14.5. The molecule has 16 heavy (non-hydrogen) atoms. The molecule has 0 atom stereocenters. The zero-order valence-corrected chi connectivity index (χ0v) is 10.8. The lowest BCUT2D eigenvalue weighted by Crippen LogP contribution is -2.26. The van der Waals surface area contributed by atoms with Gasteiger partial charge >= 0.3 is 0 Å². The predicted molar refractivity (Wildman–Crippen MR) is 66.8 cm³/mol. The molecule has 86 valence electrons. The summed E-state index contributed by atoms with van der Waals surface area (Å²) in [6.45, 7) is 3.36. The molecule has 0 aliphatic heterocycles. The summed E-state index contributed by atoms with van der Waals surface area (Å²) in [6.07, 6.45) is 1.34. The maximum absolute atomic E-state index is 13.6. The number of rotatable bonds is 5. The van der Waals surface area contributed by atoms with Crippen LogP contribution in [0.3, 0.4) is 0 Å². The fourth-order valence-electron chi connectivity index (χ4n) is 1.54. The normalized spacial score (nSPS) is 9.88. The van der Waals surface area contributed by atoms with Crippen LogP contribution in [0.4, 0.5) is 10.1 Å². The van der Waals surface area contributed by atoms with Crippen molar-refractivity contribution in [1.29, 1.82) is 5.26 Å². The lowest BCUT2D eigenvalue weighted by atomic mass is 10.2. The fourth-order valence-corrected chi connectivity index (χ4v) is 1.88. The molecule has 0 N–H and O–H groups in total. The molecule has 2 nitrogen and oxygen atoms in total. The van der Waals surface area contributed by atoms with Crippen LogP contribution in [0.5, 0.6) is 0 Å². The second-order valence-electron chi connectivity index (χ2n) is 3.49. The van der Waals surface area contributed by atoms with E-state index < -0.39 is 0 Å². The molecule has 0 fully saturated rings. The lowest BCUT2D eigenvalue weighted by Gasteiger charge is -2.23. The predicted octanol–water partition coefficient (Wildman–Crippen LogP) is 3.72. The molecule has 0 amide bonds. The highest BCUT2D eigenvalue weighted by molar-refractivity contribution is 9.10. The van der Waals surface area contributed by atoms with E-state index in [0.717, 1.165) is 17.4 Å². The SMILES string of the molecule is CCCN(CCC#N)c1cc(Br)ccc1F. The Morgan fingerprint density at radius 2 is 2.19 bits per heavy atom. The first-order valence-corrected chi connectivity index (χ1v) is 6.05. The average molecular weight is 285 g/mol. The number of halogens is 2. The van der Waals surface area contributed by atoms with E-state index in [9.17, 15) is 4.39 Å². The van der Waals surface area contributed by atoms with Crippen LogP contribution in [-0.2, 0) is 0 Å². The van der Waals surface area contributed by atoms with Crippen molar-refractivity contribution >= 4 is 21.6 Å². The largest absolute Gasteiger partial charge is 0.368 e. The quantitative estimate of drug-likeness (QED) is 0.824. The Balaban J connectivity index is 2.91. The van der Waals surface area contributed by atoms with E-state index in [2.05, 4.69) is 22.0 Å². The third kappa shape index (κ3) is 3.49. The van der Waals surface area contributed by atoms with Crippen molar-refractivity contribution in [2.75, 3.05) is 18.0 Å². The number of hydrogen-bond donors (Lipinski definition) is 0. The highest BCUT2D eigenvalue weighted by Crippen LogP contribution is 2.24. The van der Waals surface area contributed by atoms with Crippen molar-refractivity contribution < 1.29 is 4.39 Å². The van der Waals surface area contributed by atoms with Crippen LogP contribution in [0.15, 0.2) is 22.7 Å². The minimum atomic E-state index is -0.241. The van der Waals surface area contributed by atoms with Gasteiger partial charge in [0.1, 0.15) is 5.82 Å². The molecule has 0 aromatic heterocycles. The monoisotopic (exact) mass is 284 g/mol. The first kappa shape index (κ1) is 13.0. The van der Waals surface area contributed by atoms with E-state index in [1.807, 2.05) is 11.8 Å². The Bertz CT molecular complexity index is 387. The smallest absolute Gasteiger partial charge is 0.146 e. The number of hydrogen-bond acceptors (Lipinski definition) is 2. The van der Waals surface area contributed by atoms with Gasteiger partial charge in [0.15, 0.2) is 0 Å². The molecule has 0 heterocycles. The van der Waals surface area contributed by atoms with Gasteiger partial charge in [0.25, 0.3) is 0 Å². The molecular weight excluding hydrogens is 271 g/mol. The van der Waals surface area contributed by atoms with E-state index in [0.29, 0.717) is 18.7 Å². The Morgan fingerprint density at radius 3 is 2.81 bits per heavy atom. The average Bonchev–Trinajstić information content (AvgIpc) is 2.28. The minimum Gasteiger partial charge on any atom is -0.368 e. The van der Waals surface area contributed by atoms with E-state index in [1.54, 1.807) is 12.1 Å². The maximum atomic E-state index is 13.6. The molecule has 0 aliphatic rings. The molecule has 0 radical (unpaired) electrons. The summed E-state index contributed by atoms with van der Waals surface area (Å²) in [4.78, 5) is 1.91. The summed E-state index contributed by atoms with van der Waals surface area (Å²) >= 11 is 3.33. The number of anilines is 1. The molecule has 0 aliphatic carbocycles. The molecular formula is C12H14BrFN2. The Labute approximate surface area is 104 Å². The number of nitriles is 1. The van der Waals surface area contributed by atoms with Gasteiger partial charge in [-0.2, -0.15) is 5.26 Å². The fraction of sp³-hybridized carbons (Fsp3) is 0.417. The van der Waals surface area contributed by atoms with Gasteiger partial charge in [0.2, 0.25) is 0 Å². The zero-order chi connectivity index (χ0) is 12.0. The second kappa shape index (κ2) is 6.49. The van der Waals surface area contributed by atoms with E-state index in [1.165, 1.54) is 6.07 Å². The van der Waals surface area contributed by atoms with Crippen LogP contribution in [-0.4, -0.2) is 13.1 Å². The summed E-state index contributed by atoms with van der Waals surface area (Å²) in [5.74, 6) is -0.241. The standard InChI is InChI=1S/C12H14BrFN2/c1-2-7-16(8-3-6-15)12-9-10(13)4-5-11(12)14/h4-5,9H,2-3,7-8H2,1H3. The van der Waals surface area contributed by atoms with Gasteiger partial charge in [-0.15, -0.1) is 0 Å². The van der Waals surface area contributed by atoms with Gasteiger partial charge in [0, 0.05) is 17.6 Å². The summed E-state index contributed by atoms with van der Waals surface area (Å²) in [5, 5.41) is 8.57. The molecule has 0 saturated heterocycles. The Hall–Kier alpha value is -1.08. The summed E-state index contributed by atoms with van der Waals surface area (Å²) in [5.41, 5.74) is 0.562. The highest BCUT2D eigenvalue weighted by atomic mass is 79.9. The number of benzene rings is 1. The molecule has 0 saturated carbocycles. The van der Waals surface area contributed by atoms with E-state index in [4.69, 9.17) is 5.26 Å². The highest BCUT2D eigenvalue weighted by Gasteiger charge is 2.10. The van der Waals surface area contributed by atoms with Crippen LogP contribution < -0.4 is 4.90 Å². The van der Waals surface area contributed by atoms with Crippen molar-refractivity contribution in [2.24, 2.45) is 0 Å². The van der Waals surface area contributed by atoms with Gasteiger partial charge in [-0.1, -0.05) is 22.9 Å². The molecule has 1 aromatic rings. The van der Waals surface area contributed by atoms with Crippen LogP contribution >= 0.6 is 15.9 Å². The topological polar surface area (TPSA) is 27.0 Å². The van der Waals surface area contributed by atoms with Crippen LogP contribution in [0.2, 0.25) is 0 Å². The Morgan fingerprint density at radius 1 is 1.44 bits per heavy atom. The van der Waals surface area contributed by atoms with Gasteiger partial charge in [0.05, 0.1) is 18.2 Å². The molecule has 1 rings (SSSR count). The van der Waals surface area contributed by atoms with Crippen LogP contribution in [0, 0.1) is 17.1 Å². The molecule has 4 heteroatoms. The zero-order valence-electron chi connectivity index (χ0n) is 9.21. The maximum Gasteiger partial charge on any atom is 0.146 e. The van der Waals surface area contributed by atoms with Crippen molar-refractivity contribution in [3.8, 4) is 6.07 Å². The van der Waals surface area contributed by atoms with Gasteiger partial charge in [-0.05, 0) is 24.6 Å². The van der Waals surface area contributed by atoms with Crippen molar-refractivity contribution in [3.05, 3.63) is 28.5 Å². The van der Waals surface area contributed by atoms with Crippen molar-refractivity contribution in [2.45, 2.75) is 19.8 Å². The first-order chi connectivity index (χ1) is 7.69. The van der Waals surface area contributed by atoms with Crippen molar-refractivity contribution in [1.82, 2.24) is 0 Å². The van der Waals surface area contributed by atoms with Gasteiger partial charge in [-0.3, -0.25) is 0 Å². The molecule has 1 aromatic carbocycles. The van der Waals surface area contributed by atoms with Crippen molar-refractivity contribution in [3.63, 3.8) is 0 Å². The molecule has 0 spiro atoms. The molecule has 0 unspecified atom stereocenters. The van der Waals surface area contributed by atoms with Gasteiger partial charge < -0.3 is 4.90 Å². The third-order valence-corrected chi connectivity index (χ3v) is 2.73. The first-order valence-electron chi connectivity index (χ1n) is 5.26. The third-order valence-electron chi connectivity index (χ3n) is 2.24. The lowest BCUT2D eigenvalue weighted by molar-refractivity contribution is 0.615. The molecule has 0 bridgehead atoms. The minimum absolute atomic E-state index is 0.241. The second-order valence-corrected chi connectivity index (χ2v) is 4.41. The Kier molecular flexibility index (Phi) is 5.27. The van der Waals surface area contributed by atoms with E-state index in [-0.39, 0.29) is 5.82 Å². The van der Waals surface area contributed by atoms with E-state index >= 15 is 0 Å². The van der Waals surface area contributed by atoms with Gasteiger partial charge in [-0.25, -0.2) is 4.39 Å². The summed E-state index contributed by atoms with van der Waals surface area (Å²) in [6, 6.07) is 6.95. The number of nitrogens with zero attached hydrogens (tertiary/aromatic N) is 2. The van der Waals surface area contributed by atoms with Crippen LogP contribution in [0.25, 0.3) is 0 Å². The van der Waals surface area contributed by atoms with Crippen LogP contribution in [0.1, 0.15) is 19.8 Å². The summed E-state index contributed by atoms with van der Waals surface area (Å²) in [7, 11) is 0.